The molecular formula is C12H15ClN2O2. The molecule has 0 amide bonds. The van der Waals surface area contributed by atoms with Gasteiger partial charge < -0.3 is 14.8 Å². The molecule has 92 valence electrons. The summed E-state index contributed by atoms with van der Waals surface area (Å²) in [5.74, 6) is 0. The van der Waals surface area contributed by atoms with E-state index in [2.05, 4.69) is 5.32 Å². The van der Waals surface area contributed by atoms with E-state index in [-0.39, 0.29) is 6.10 Å². The second kappa shape index (κ2) is 7.13. The third kappa shape index (κ3) is 4.23. The second-order valence-electron chi connectivity index (χ2n) is 3.50. The maximum absolute atomic E-state index is 8.71. The van der Waals surface area contributed by atoms with Crippen LogP contribution in [-0.2, 0) is 9.47 Å². The molecule has 0 aliphatic carbocycles. The Morgan fingerprint density at radius 1 is 1.47 bits per heavy atom. The smallest absolute Gasteiger partial charge is 0.0992 e. The minimum absolute atomic E-state index is 0.0355. The third-order valence-electron chi connectivity index (χ3n) is 2.30. The number of ether oxygens (including phenoxy) is 2. The molecule has 4 nitrogen and oxygen atoms in total. The fraction of sp³-hybridized carbons (Fsp3) is 0.417. The quantitative estimate of drug-likeness (QED) is 0.846. The standard InChI is InChI=1S/C12H15ClN2O2/c1-16-8-10(17-2)7-15-12-4-3-9(6-14)5-11(12)13/h3-5,10,15H,7-8H2,1-2H3. The number of hydrogen-bond acceptors (Lipinski definition) is 4. The zero-order chi connectivity index (χ0) is 12.7. The SMILES string of the molecule is COCC(CNc1ccc(C#N)cc1Cl)OC. The third-order valence-corrected chi connectivity index (χ3v) is 2.62. The molecule has 0 aromatic heterocycles. The number of methoxy groups -OCH3 is 2. The lowest BCUT2D eigenvalue weighted by atomic mass is 10.2. The van der Waals surface area contributed by atoms with Gasteiger partial charge in [-0.05, 0) is 18.2 Å². The minimum atomic E-state index is -0.0355. The topological polar surface area (TPSA) is 54.3 Å². The van der Waals surface area contributed by atoms with Crippen LogP contribution in [0.15, 0.2) is 18.2 Å². The van der Waals surface area contributed by atoms with Crippen LogP contribution in [-0.4, -0.2) is 33.5 Å². The average molecular weight is 255 g/mol. The van der Waals surface area contributed by atoms with Gasteiger partial charge in [0.25, 0.3) is 0 Å². The van der Waals surface area contributed by atoms with Crippen molar-refractivity contribution in [3.8, 4) is 6.07 Å². The minimum Gasteiger partial charge on any atom is -0.382 e. The van der Waals surface area contributed by atoms with Crippen LogP contribution in [0.25, 0.3) is 0 Å². The summed E-state index contributed by atoms with van der Waals surface area (Å²) in [6, 6.07) is 7.15. The highest BCUT2D eigenvalue weighted by Crippen LogP contribution is 2.22. The van der Waals surface area contributed by atoms with Gasteiger partial charge in [-0.1, -0.05) is 11.6 Å². The number of benzene rings is 1. The number of hydrogen-bond donors (Lipinski definition) is 1. The molecule has 0 aliphatic heterocycles. The average Bonchev–Trinajstić information content (AvgIpc) is 2.35. The number of nitriles is 1. The number of nitrogens with one attached hydrogen (secondary N) is 1. The Morgan fingerprint density at radius 2 is 2.24 bits per heavy atom. The van der Waals surface area contributed by atoms with Crippen LogP contribution in [0.5, 0.6) is 0 Å². The summed E-state index contributed by atoms with van der Waals surface area (Å²) in [6.45, 7) is 1.10. The summed E-state index contributed by atoms with van der Waals surface area (Å²) in [4.78, 5) is 0. The maximum Gasteiger partial charge on any atom is 0.0992 e. The molecule has 1 rings (SSSR count). The normalized spacial score (nSPS) is 11.9. The van der Waals surface area contributed by atoms with Gasteiger partial charge in [0.2, 0.25) is 0 Å². The molecule has 0 saturated carbocycles. The molecule has 17 heavy (non-hydrogen) atoms. The fourth-order valence-electron chi connectivity index (χ4n) is 1.35. The molecule has 0 fully saturated rings. The van der Waals surface area contributed by atoms with Gasteiger partial charge in [-0.15, -0.1) is 0 Å². The molecular weight excluding hydrogens is 240 g/mol. The fourth-order valence-corrected chi connectivity index (χ4v) is 1.60. The second-order valence-corrected chi connectivity index (χ2v) is 3.91. The molecule has 1 unspecified atom stereocenters. The van der Waals surface area contributed by atoms with Crippen LogP contribution in [0.2, 0.25) is 5.02 Å². The molecule has 1 aromatic carbocycles. The lowest BCUT2D eigenvalue weighted by molar-refractivity contribution is 0.0365. The number of rotatable bonds is 6. The van der Waals surface area contributed by atoms with E-state index in [0.717, 1.165) is 5.69 Å². The van der Waals surface area contributed by atoms with E-state index < -0.39 is 0 Å². The first-order valence-electron chi connectivity index (χ1n) is 5.16. The van der Waals surface area contributed by atoms with Crippen LogP contribution in [0.1, 0.15) is 5.56 Å². The van der Waals surface area contributed by atoms with Crippen molar-refractivity contribution < 1.29 is 9.47 Å². The van der Waals surface area contributed by atoms with Gasteiger partial charge >= 0.3 is 0 Å². The monoisotopic (exact) mass is 254 g/mol. The Kier molecular flexibility index (Phi) is 5.78. The highest BCUT2D eigenvalue weighted by atomic mass is 35.5. The highest BCUT2D eigenvalue weighted by molar-refractivity contribution is 6.33. The van der Waals surface area contributed by atoms with Gasteiger partial charge in [0.05, 0.1) is 35.1 Å². The van der Waals surface area contributed by atoms with Crippen molar-refractivity contribution >= 4 is 17.3 Å². The zero-order valence-electron chi connectivity index (χ0n) is 9.87. The summed E-state index contributed by atoms with van der Waals surface area (Å²) in [7, 11) is 3.26. The zero-order valence-corrected chi connectivity index (χ0v) is 10.6. The number of halogens is 1. The molecule has 1 aromatic rings. The van der Waals surface area contributed by atoms with Crippen molar-refractivity contribution in [1.29, 1.82) is 5.26 Å². The van der Waals surface area contributed by atoms with Crippen molar-refractivity contribution in [2.24, 2.45) is 0 Å². The molecule has 0 saturated heterocycles. The summed E-state index contributed by atoms with van der Waals surface area (Å²) in [5, 5.41) is 12.4. The van der Waals surface area contributed by atoms with Gasteiger partial charge in [0.15, 0.2) is 0 Å². The summed E-state index contributed by atoms with van der Waals surface area (Å²) in [5.41, 5.74) is 1.32. The van der Waals surface area contributed by atoms with E-state index in [1.54, 1.807) is 32.4 Å². The molecule has 0 aliphatic rings. The molecule has 0 spiro atoms. The number of nitrogens with zero attached hydrogens (tertiary/aromatic N) is 1. The van der Waals surface area contributed by atoms with Crippen molar-refractivity contribution in [2.75, 3.05) is 32.7 Å². The van der Waals surface area contributed by atoms with E-state index in [1.807, 2.05) is 6.07 Å². The molecule has 0 bridgehead atoms. The van der Waals surface area contributed by atoms with Crippen molar-refractivity contribution in [2.45, 2.75) is 6.10 Å². The Bertz CT molecular complexity index is 404. The Hall–Kier alpha value is -1.28. The van der Waals surface area contributed by atoms with Crippen LogP contribution in [0, 0.1) is 11.3 Å². The summed E-state index contributed by atoms with van der Waals surface area (Å²) < 4.78 is 10.2. The lowest BCUT2D eigenvalue weighted by Gasteiger charge is -2.16. The van der Waals surface area contributed by atoms with Crippen LogP contribution < -0.4 is 5.32 Å². The van der Waals surface area contributed by atoms with Crippen molar-refractivity contribution in [3.63, 3.8) is 0 Å². The molecule has 0 radical (unpaired) electrons. The van der Waals surface area contributed by atoms with Gasteiger partial charge in [0, 0.05) is 20.8 Å². The van der Waals surface area contributed by atoms with Gasteiger partial charge in [-0.3, -0.25) is 0 Å². The molecule has 1 N–H and O–H groups in total. The van der Waals surface area contributed by atoms with Crippen LogP contribution in [0.3, 0.4) is 0 Å². The largest absolute Gasteiger partial charge is 0.382 e. The van der Waals surface area contributed by atoms with Crippen LogP contribution in [0.4, 0.5) is 5.69 Å². The van der Waals surface area contributed by atoms with Gasteiger partial charge in [-0.2, -0.15) is 5.26 Å². The van der Waals surface area contributed by atoms with Crippen LogP contribution >= 0.6 is 11.6 Å². The van der Waals surface area contributed by atoms with Crippen molar-refractivity contribution in [3.05, 3.63) is 28.8 Å². The highest BCUT2D eigenvalue weighted by Gasteiger charge is 2.08. The first kappa shape index (κ1) is 13.8. The van der Waals surface area contributed by atoms with Crippen molar-refractivity contribution in [1.82, 2.24) is 0 Å². The molecule has 1 atom stereocenters. The predicted octanol–water partition coefficient (Wildman–Crippen LogP) is 2.28. The van der Waals surface area contributed by atoms with E-state index in [9.17, 15) is 0 Å². The van der Waals surface area contributed by atoms with E-state index >= 15 is 0 Å². The number of anilines is 1. The van der Waals surface area contributed by atoms with Gasteiger partial charge in [-0.25, -0.2) is 0 Å². The summed E-state index contributed by atoms with van der Waals surface area (Å²) in [6.07, 6.45) is -0.0355. The van der Waals surface area contributed by atoms with Gasteiger partial charge in [0.1, 0.15) is 0 Å². The molecule has 0 heterocycles. The van der Waals surface area contributed by atoms with E-state index in [1.165, 1.54) is 0 Å². The van der Waals surface area contributed by atoms with E-state index in [0.29, 0.717) is 23.7 Å². The maximum atomic E-state index is 8.71. The predicted molar refractivity (Wildman–Crippen MR) is 67.3 cm³/mol. The first-order chi connectivity index (χ1) is 8.21. The summed E-state index contributed by atoms with van der Waals surface area (Å²) >= 11 is 6.03. The lowest BCUT2D eigenvalue weighted by Crippen LogP contribution is -2.26. The first-order valence-corrected chi connectivity index (χ1v) is 5.54. The van der Waals surface area contributed by atoms with E-state index in [4.69, 9.17) is 26.3 Å². The Morgan fingerprint density at radius 3 is 2.76 bits per heavy atom. The Labute approximate surface area is 106 Å². The molecule has 5 heteroatoms. The Balaban J connectivity index is 2.60.